The third-order valence-electron chi connectivity index (χ3n) is 6.13. The summed E-state index contributed by atoms with van der Waals surface area (Å²) in [6, 6.07) is 7.76. The molecule has 1 atom stereocenters. The molecule has 0 radical (unpaired) electrons. The van der Waals surface area contributed by atoms with E-state index >= 15 is 0 Å². The van der Waals surface area contributed by atoms with Crippen LogP contribution in [0.2, 0.25) is 0 Å². The van der Waals surface area contributed by atoms with Crippen LogP contribution in [0, 0.1) is 13.8 Å². The molecule has 0 aliphatic rings. The van der Waals surface area contributed by atoms with E-state index < -0.39 is 12.0 Å². The number of fused-ring (bicyclic) bond motifs is 1. The molecule has 1 unspecified atom stereocenters. The summed E-state index contributed by atoms with van der Waals surface area (Å²) in [5, 5.41) is 6.57. The van der Waals surface area contributed by atoms with Gasteiger partial charge in [-0.25, -0.2) is 9.50 Å². The standard InChI is InChI=1S/C24H31F3N6O2/c1-6-32(7-2)20(17-9-8-10-18(13-17)35-5)14-28-21(34)12-11-19-15(3)29-23-30-22(24(25,26)27)31-33(23)16(19)4/h8-10,13,20H,6-7,11-12,14H2,1-5H3,(H,28,34). The van der Waals surface area contributed by atoms with Crippen molar-refractivity contribution in [2.75, 3.05) is 26.7 Å². The highest BCUT2D eigenvalue weighted by Gasteiger charge is 2.37. The molecule has 2 heterocycles. The van der Waals surface area contributed by atoms with Crippen molar-refractivity contribution in [2.24, 2.45) is 0 Å². The maximum absolute atomic E-state index is 13.0. The second-order valence-corrected chi connectivity index (χ2v) is 8.22. The normalized spacial score (nSPS) is 12.8. The summed E-state index contributed by atoms with van der Waals surface area (Å²) >= 11 is 0. The molecule has 8 nitrogen and oxygen atoms in total. The molecule has 0 saturated carbocycles. The van der Waals surface area contributed by atoms with Crippen LogP contribution in [0.5, 0.6) is 5.75 Å². The van der Waals surface area contributed by atoms with E-state index in [1.807, 2.05) is 24.3 Å². The van der Waals surface area contributed by atoms with Gasteiger partial charge in [-0.05, 0) is 56.6 Å². The number of hydrogen-bond acceptors (Lipinski definition) is 6. The zero-order valence-corrected chi connectivity index (χ0v) is 20.6. The minimum absolute atomic E-state index is 0.0264. The van der Waals surface area contributed by atoms with Gasteiger partial charge in [0.2, 0.25) is 5.91 Å². The molecular weight excluding hydrogens is 461 g/mol. The summed E-state index contributed by atoms with van der Waals surface area (Å²) in [6.45, 7) is 9.54. The first-order valence-electron chi connectivity index (χ1n) is 11.5. The number of likely N-dealkylation sites (N-methyl/N-ethyl adjacent to an activating group) is 1. The van der Waals surface area contributed by atoms with Crippen LogP contribution in [0.1, 0.15) is 54.6 Å². The fourth-order valence-electron chi connectivity index (χ4n) is 4.20. The smallest absolute Gasteiger partial charge is 0.453 e. The number of nitrogens with one attached hydrogen (secondary N) is 1. The Morgan fingerprint density at radius 3 is 2.54 bits per heavy atom. The highest BCUT2D eigenvalue weighted by molar-refractivity contribution is 5.76. The SMILES string of the molecule is CCN(CC)C(CNC(=O)CCc1c(C)nc2nc(C(F)(F)F)nn2c1C)c1cccc(OC)c1. The van der Waals surface area contributed by atoms with Crippen molar-refractivity contribution in [3.63, 3.8) is 0 Å². The molecule has 1 aromatic carbocycles. The van der Waals surface area contributed by atoms with Gasteiger partial charge in [0.15, 0.2) is 0 Å². The molecule has 2 aromatic heterocycles. The van der Waals surface area contributed by atoms with Crippen LogP contribution in [0.4, 0.5) is 13.2 Å². The molecule has 11 heteroatoms. The van der Waals surface area contributed by atoms with E-state index in [4.69, 9.17) is 4.74 Å². The number of aryl methyl sites for hydroxylation is 2. The summed E-state index contributed by atoms with van der Waals surface area (Å²) in [5.74, 6) is -0.747. The summed E-state index contributed by atoms with van der Waals surface area (Å²) in [6.07, 6.45) is -4.17. The molecule has 0 aliphatic heterocycles. The van der Waals surface area contributed by atoms with Crippen LogP contribution in [-0.4, -0.2) is 57.1 Å². The number of carbonyl (C=O) groups is 1. The maximum atomic E-state index is 13.0. The van der Waals surface area contributed by atoms with E-state index in [-0.39, 0.29) is 24.1 Å². The monoisotopic (exact) mass is 492 g/mol. The first kappa shape index (κ1) is 26.4. The van der Waals surface area contributed by atoms with Crippen LogP contribution in [-0.2, 0) is 17.4 Å². The lowest BCUT2D eigenvalue weighted by molar-refractivity contribution is -0.144. The summed E-state index contributed by atoms with van der Waals surface area (Å²) in [7, 11) is 1.62. The van der Waals surface area contributed by atoms with Crippen molar-refractivity contribution < 1.29 is 22.7 Å². The van der Waals surface area contributed by atoms with Gasteiger partial charge in [-0.2, -0.15) is 18.2 Å². The Morgan fingerprint density at radius 1 is 1.20 bits per heavy atom. The van der Waals surface area contributed by atoms with Crippen molar-refractivity contribution in [1.82, 2.24) is 29.8 Å². The number of methoxy groups -OCH3 is 1. The van der Waals surface area contributed by atoms with Gasteiger partial charge < -0.3 is 10.1 Å². The molecule has 35 heavy (non-hydrogen) atoms. The Balaban J connectivity index is 1.71. The van der Waals surface area contributed by atoms with Gasteiger partial charge >= 0.3 is 6.18 Å². The number of halogens is 3. The molecule has 3 aromatic rings. The Morgan fingerprint density at radius 2 is 1.91 bits per heavy atom. The average Bonchev–Trinajstić information content (AvgIpc) is 3.26. The number of alkyl halides is 3. The lowest BCUT2D eigenvalue weighted by Crippen LogP contribution is -2.38. The fourth-order valence-corrected chi connectivity index (χ4v) is 4.20. The van der Waals surface area contributed by atoms with Crippen LogP contribution in [0.25, 0.3) is 5.78 Å². The number of amides is 1. The first-order valence-corrected chi connectivity index (χ1v) is 11.5. The molecule has 0 saturated heterocycles. The second-order valence-electron chi connectivity index (χ2n) is 8.22. The van der Waals surface area contributed by atoms with Crippen LogP contribution < -0.4 is 10.1 Å². The zero-order valence-electron chi connectivity index (χ0n) is 20.6. The predicted octanol–water partition coefficient (Wildman–Crippen LogP) is 3.90. The van der Waals surface area contributed by atoms with Crippen LogP contribution in [0.15, 0.2) is 24.3 Å². The lowest BCUT2D eigenvalue weighted by atomic mass is 10.0. The van der Waals surface area contributed by atoms with E-state index in [1.54, 1.807) is 21.0 Å². The number of hydrogen-bond donors (Lipinski definition) is 1. The molecular formula is C24H31F3N6O2. The number of rotatable bonds is 10. The molecule has 0 aliphatic carbocycles. The topological polar surface area (TPSA) is 84.7 Å². The highest BCUT2D eigenvalue weighted by Crippen LogP contribution is 2.27. The molecule has 1 N–H and O–H groups in total. The van der Waals surface area contributed by atoms with Gasteiger partial charge in [-0.1, -0.05) is 26.0 Å². The molecule has 3 rings (SSSR count). The predicted molar refractivity (Wildman–Crippen MR) is 125 cm³/mol. The quantitative estimate of drug-likeness (QED) is 0.462. The van der Waals surface area contributed by atoms with Crippen molar-refractivity contribution in [1.29, 1.82) is 0 Å². The zero-order chi connectivity index (χ0) is 25.8. The van der Waals surface area contributed by atoms with E-state index in [9.17, 15) is 18.0 Å². The van der Waals surface area contributed by atoms with Crippen molar-refractivity contribution >= 4 is 11.7 Å². The molecule has 1 amide bonds. The van der Waals surface area contributed by atoms with E-state index in [1.165, 1.54) is 0 Å². The molecule has 190 valence electrons. The average molecular weight is 493 g/mol. The first-order chi connectivity index (χ1) is 16.6. The Hall–Kier alpha value is -3.21. The number of ether oxygens (including phenoxy) is 1. The van der Waals surface area contributed by atoms with E-state index in [0.717, 1.165) is 28.9 Å². The highest BCUT2D eigenvalue weighted by atomic mass is 19.4. The Bertz CT molecular complexity index is 1170. The van der Waals surface area contributed by atoms with E-state index in [0.29, 0.717) is 29.9 Å². The van der Waals surface area contributed by atoms with Gasteiger partial charge in [0.05, 0.1) is 13.2 Å². The summed E-state index contributed by atoms with van der Waals surface area (Å²) in [5.41, 5.74) is 2.74. The van der Waals surface area contributed by atoms with Gasteiger partial charge in [0.1, 0.15) is 5.75 Å². The summed E-state index contributed by atoms with van der Waals surface area (Å²) in [4.78, 5) is 22.6. The Kier molecular flexibility index (Phi) is 8.31. The van der Waals surface area contributed by atoms with Gasteiger partial charge in [-0.15, -0.1) is 5.10 Å². The minimum Gasteiger partial charge on any atom is -0.497 e. The number of benzene rings is 1. The Labute approximate surface area is 202 Å². The number of aromatic nitrogens is 4. The van der Waals surface area contributed by atoms with Crippen LogP contribution >= 0.6 is 0 Å². The number of carbonyl (C=O) groups excluding carboxylic acids is 1. The second kappa shape index (κ2) is 11.0. The minimum atomic E-state index is -4.65. The number of nitrogens with zero attached hydrogens (tertiary/aromatic N) is 5. The van der Waals surface area contributed by atoms with Gasteiger partial charge in [-0.3, -0.25) is 9.69 Å². The van der Waals surface area contributed by atoms with Gasteiger partial charge in [0, 0.05) is 24.4 Å². The molecule has 0 spiro atoms. The fraction of sp³-hybridized carbons (Fsp3) is 0.500. The van der Waals surface area contributed by atoms with Crippen molar-refractivity contribution in [2.45, 2.75) is 52.8 Å². The van der Waals surface area contributed by atoms with E-state index in [2.05, 4.69) is 39.1 Å². The van der Waals surface area contributed by atoms with Crippen LogP contribution in [0.3, 0.4) is 0 Å². The maximum Gasteiger partial charge on any atom is 0.453 e. The molecule has 0 fully saturated rings. The third-order valence-corrected chi connectivity index (χ3v) is 6.13. The van der Waals surface area contributed by atoms with Crippen molar-refractivity contribution in [3.8, 4) is 5.75 Å². The summed E-state index contributed by atoms with van der Waals surface area (Å²) < 4.78 is 45.5. The molecule has 0 bridgehead atoms. The largest absolute Gasteiger partial charge is 0.497 e. The van der Waals surface area contributed by atoms with Gasteiger partial charge in [0.25, 0.3) is 11.6 Å². The van der Waals surface area contributed by atoms with Crippen molar-refractivity contribution in [3.05, 3.63) is 52.6 Å². The third kappa shape index (κ3) is 6.08. The lowest BCUT2D eigenvalue weighted by Gasteiger charge is -2.30.